The van der Waals surface area contributed by atoms with Crippen LogP contribution in [0, 0.1) is 0 Å². The van der Waals surface area contributed by atoms with Crippen molar-refractivity contribution in [2.24, 2.45) is 5.73 Å². The number of hydrogen-bond donors (Lipinski definition) is 3. The zero-order valence-electron chi connectivity index (χ0n) is 27.3. The number of hydrogen-bond acceptors (Lipinski definition) is 3. The molecular formula is C44H41N3. The fourth-order valence-corrected chi connectivity index (χ4v) is 6.97. The molecular weight excluding hydrogens is 571 g/mol. The highest BCUT2D eigenvalue weighted by atomic mass is 15.0. The normalized spacial score (nSPS) is 14.5. The highest BCUT2D eigenvalue weighted by Crippen LogP contribution is 2.53. The van der Waals surface area contributed by atoms with E-state index in [0.717, 1.165) is 34.5 Å². The van der Waals surface area contributed by atoms with Gasteiger partial charge in [-0.2, -0.15) is 0 Å². The number of fused-ring (bicyclic) bond motifs is 4. The fourth-order valence-electron chi connectivity index (χ4n) is 6.97. The Labute approximate surface area is 278 Å². The van der Waals surface area contributed by atoms with Crippen LogP contribution in [-0.4, -0.2) is 0 Å². The molecule has 1 unspecified atom stereocenters. The molecule has 5 N–H and O–H groups in total. The molecule has 1 atom stereocenters. The van der Waals surface area contributed by atoms with Crippen LogP contribution >= 0.6 is 0 Å². The van der Waals surface area contributed by atoms with Crippen LogP contribution in [-0.2, 0) is 5.41 Å². The molecule has 1 aliphatic rings. The summed E-state index contributed by atoms with van der Waals surface area (Å²) in [6.07, 6.45) is 4.79. The Bertz CT molecular complexity index is 2150. The summed E-state index contributed by atoms with van der Waals surface area (Å²) in [7, 11) is 0. The molecule has 0 aromatic heterocycles. The summed E-state index contributed by atoms with van der Waals surface area (Å²) in [5, 5.41) is 6.20. The predicted molar refractivity (Wildman–Crippen MR) is 201 cm³/mol. The average Bonchev–Trinajstić information content (AvgIpc) is 3.32. The minimum Gasteiger partial charge on any atom is -0.398 e. The number of nitrogens with one attached hydrogen (secondary N) is 1. The summed E-state index contributed by atoms with van der Waals surface area (Å²) in [5.41, 5.74) is 26.9. The van der Waals surface area contributed by atoms with Gasteiger partial charge >= 0.3 is 0 Å². The lowest BCUT2D eigenvalue weighted by molar-refractivity contribution is 0.661. The molecule has 0 aliphatic heterocycles. The van der Waals surface area contributed by atoms with Crippen molar-refractivity contribution in [3.05, 3.63) is 173 Å². The van der Waals surface area contributed by atoms with Gasteiger partial charge in [-0.1, -0.05) is 141 Å². The summed E-state index contributed by atoms with van der Waals surface area (Å²) in [6.45, 7) is 6.84. The number of rotatable bonds is 8. The molecule has 3 heteroatoms. The molecule has 0 saturated carbocycles. The Morgan fingerprint density at radius 2 is 1.43 bits per heavy atom. The van der Waals surface area contributed by atoms with Crippen molar-refractivity contribution in [2.45, 2.75) is 38.8 Å². The molecule has 0 spiro atoms. The van der Waals surface area contributed by atoms with Gasteiger partial charge in [-0.15, -0.1) is 0 Å². The molecule has 0 amide bonds. The molecule has 0 heterocycles. The second-order valence-electron chi connectivity index (χ2n) is 13.2. The molecule has 232 valence electrons. The van der Waals surface area contributed by atoms with E-state index in [-0.39, 0.29) is 11.6 Å². The Hall–Kier alpha value is -5.38. The SMILES string of the molecule is C/C(=C\c1ccccc1N)C/C=C(\NC(N)c1ccccc1)c1cccc(-c2cccc3c2-c2cc4ccccc4cc2C3(C)C)c1. The van der Waals surface area contributed by atoms with E-state index in [2.05, 4.69) is 135 Å². The van der Waals surface area contributed by atoms with E-state index in [1.54, 1.807) is 0 Å². The minimum atomic E-state index is -0.359. The standard InChI is InChI=1S/C44H41N3/c1-29(25-34-17-9-10-22-40(34)45)23-24-41(47-43(46)30-13-5-4-6-14-30)35-19-11-18-33(26-35)36-20-12-21-38-42(36)37-27-31-15-7-8-16-32(31)28-39(37)44(38,2)3/h4-22,24-28,43,47H,23,45-46H2,1-3H3/b29-25+,41-24-. The Balaban J connectivity index is 1.30. The molecule has 47 heavy (non-hydrogen) atoms. The van der Waals surface area contributed by atoms with Crippen LogP contribution in [0.25, 0.3) is 44.8 Å². The predicted octanol–water partition coefficient (Wildman–Crippen LogP) is 10.5. The van der Waals surface area contributed by atoms with E-state index in [0.29, 0.717) is 0 Å². The highest BCUT2D eigenvalue weighted by molar-refractivity contribution is 5.98. The minimum absolute atomic E-state index is 0.0938. The van der Waals surface area contributed by atoms with Gasteiger partial charge in [0.15, 0.2) is 0 Å². The third-order valence-corrected chi connectivity index (χ3v) is 9.55. The van der Waals surface area contributed by atoms with Crippen LogP contribution in [0.4, 0.5) is 5.69 Å². The molecule has 1 aliphatic carbocycles. The van der Waals surface area contributed by atoms with E-state index in [1.165, 1.54) is 49.7 Å². The van der Waals surface area contributed by atoms with Gasteiger partial charge in [0.1, 0.15) is 6.17 Å². The molecule has 6 aromatic rings. The molecule has 7 rings (SSSR count). The van der Waals surface area contributed by atoms with Crippen LogP contribution in [0.15, 0.2) is 145 Å². The third-order valence-electron chi connectivity index (χ3n) is 9.55. The van der Waals surface area contributed by atoms with E-state index in [4.69, 9.17) is 11.5 Å². The molecule has 0 radical (unpaired) electrons. The van der Waals surface area contributed by atoms with E-state index >= 15 is 0 Å². The van der Waals surface area contributed by atoms with Gasteiger partial charge in [-0.05, 0) is 98.5 Å². The zero-order chi connectivity index (χ0) is 32.5. The van der Waals surface area contributed by atoms with Gasteiger partial charge in [-0.3, -0.25) is 0 Å². The van der Waals surface area contributed by atoms with E-state index in [9.17, 15) is 0 Å². The van der Waals surface area contributed by atoms with Crippen molar-refractivity contribution >= 4 is 28.2 Å². The first-order chi connectivity index (χ1) is 22.8. The molecule has 6 aromatic carbocycles. The zero-order valence-corrected chi connectivity index (χ0v) is 27.3. The largest absolute Gasteiger partial charge is 0.398 e. The van der Waals surface area contributed by atoms with Crippen molar-refractivity contribution in [2.75, 3.05) is 5.73 Å². The summed E-state index contributed by atoms with van der Waals surface area (Å²) < 4.78 is 0. The number of para-hydroxylation sites is 1. The quantitative estimate of drug-likeness (QED) is 0.119. The Kier molecular flexibility index (Phi) is 8.01. The maximum atomic E-state index is 6.75. The number of nitrogens with two attached hydrogens (primary N) is 2. The summed E-state index contributed by atoms with van der Waals surface area (Å²) in [4.78, 5) is 0. The Morgan fingerprint density at radius 3 is 2.21 bits per heavy atom. The summed E-state index contributed by atoms with van der Waals surface area (Å²) in [6, 6.07) is 47.2. The number of allylic oxidation sites excluding steroid dienone is 2. The molecule has 0 fully saturated rings. The molecule has 3 nitrogen and oxygen atoms in total. The monoisotopic (exact) mass is 611 g/mol. The van der Waals surface area contributed by atoms with Crippen molar-refractivity contribution in [3.63, 3.8) is 0 Å². The van der Waals surface area contributed by atoms with E-state index < -0.39 is 0 Å². The van der Waals surface area contributed by atoms with Gasteiger partial charge in [0.05, 0.1) is 0 Å². The highest BCUT2D eigenvalue weighted by Gasteiger charge is 2.37. The second-order valence-corrected chi connectivity index (χ2v) is 13.2. The van der Waals surface area contributed by atoms with Crippen LogP contribution in [0.1, 0.15) is 61.2 Å². The summed E-state index contributed by atoms with van der Waals surface area (Å²) in [5.74, 6) is 0. The van der Waals surface area contributed by atoms with Crippen LogP contribution in [0.2, 0.25) is 0 Å². The molecule has 0 saturated heterocycles. The van der Waals surface area contributed by atoms with Crippen LogP contribution < -0.4 is 16.8 Å². The average molecular weight is 612 g/mol. The third kappa shape index (κ3) is 5.87. The summed E-state index contributed by atoms with van der Waals surface area (Å²) >= 11 is 0. The van der Waals surface area contributed by atoms with Crippen molar-refractivity contribution < 1.29 is 0 Å². The van der Waals surface area contributed by atoms with Gasteiger partial charge in [-0.25, -0.2) is 0 Å². The van der Waals surface area contributed by atoms with Crippen molar-refractivity contribution in [1.82, 2.24) is 5.32 Å². The maximum absolute atomic E-state index is 6.75. The first-order valence-corrected chi connectivity index (χ1v) is 16.4. The van der Waals surface area contributed by atoms with E-state index in [1.807, 2.05) is 36.4 Å². The van der Waals surface area contributed by atoms with Gasteiger partial charge in [0, 0.05) is 16.8 Å². The first kappa shape index (κ1) is 30.3. The van der Waals surface area contributed by atoms with Gasteiger partial charge in [0.2, 0.25) is 0 Å². The lowest BCUT2D eigenvalue weighted by atomic mass is 9.81. The number of benzene rings is 6. The van der Waals surface area contributed by atoms with Gasteiger partial charge < -0.3 is 16.8 Å². The number of nitrogen functional groups attached to an aromatic ring is 1. The lowest BCUT2D eigenvalue weighted by Gasteiger charge is -2.22. The number of anilines is 1. The second kappa shape index (κ2) is 12.4. The lowest BCUT2D eigenvalue weighted by Crippen LogP contribution is -2.27. The fraction of sp³-hybridized carbons (Fsp3) is 0.136. The smallest absolute Gasteiger partial charge is 0.101 e. The van der Waals surface area contributed by atoms with Crippen molar-refractivity contribution in [3.8, 4) is 22.3 Å². The maximum Gasteiger partial charge on any atom is 0.101 e. The van der Waals surface area contributed by atoms with Gasteiger partial charge in [0.25, 0.3) is 0 Å². The topological polar surface area (TPSA) is 64.1 Å². The van der Waals surface area contributed by atoms with Crippen molar-refractivity contribution in [1.29, 1.82) is 0 Å². The van der Waals surface area contributed by atoms with Crippen LogP contribution in [0.5, 0.6) is 0 Å². The molecule has 0 bridgehead atoms. The first-order valence-electron chi connectivity index (χ1n) is 16.4. The van der Waals surface area contributed by atoms with Crippen LogP contribution in [0.3, 0.4) is 0 Å². The Morgan fingerprint density at radius 1 is 0.723 bits per heavy atom.